The minimum absolute atomic E-state index is 0.0510. The summed E-state index contributed by atoms with van der Waals surface area (Å²) in [7, 11) is 0. The SMILES string of the molecule is O=C1CN(c2nc(-c3cccnc3)nc3sc4c(c23)CCCC4)CCN1. The van der Waals surface area contributed by atoms with E-state index in [9.17, 15) is 4.79 Å². The molecule has 0 radical (unpaired) electrons. The van der Waals surface area contributed by atoms with Crippen LogP contribution in [-0.4, -0.2) is 40.5 Å². The summed E-state index contributed by atoms with van der Waals surface area (Å²) in [5.41, 5.74) is 2.30. The highest BCUT2D eigenvalue weighted by Gasteiger charge is 2.26. The van der Waals surface area contributed by atoms with Crippen LogP contribution in [0.25, 0.3) is 21.6 Å². The summed E-state index contributed by atoms with van der Waals surface area (Å²) >= 11 is 1.79. The van der Waals surface area contributed by atoms with E-state index >= 15 is 0 Å². The zero-order valence-corrected chi connectivity index (χ0v) is 15.2. The van der Waals surface area contributed by atoms with E-state index in [0.29, 0.717) is 18.9 Å². The molecule has 1 aliphatic carbocycles. The number of nitrogens with one attached hydrogen (secondary N) is 1. The molecule has 0 aromatic carbocycles. The average molecular weight is 365 g/mol. The highest BCUT2D eigenvalue weighted by Crippen LogP contribution is 2.40. The molecule has 1 N–H and O–H groups in total. The maximum absolute atomic E-state index is 12.0. The van der Waals surface area contributed by atoms with E-state index in [4.69, 9.17) is 9.97 Å². The van der Waals surface area contributed by atoms with Gasteiger partial charge in [-0.05, 0) is 43.4 Å². The Morgan fingerprint density at radius 1 is 1.19 bits per heavy atom. The first-order valence-electron chi connectivity index (χ1n) is 9.04. The molecule has 0 bridgehead atoms. The van der Waals surface area contributed by atoms with Crippen LogP contribution in [0.4, 0.5) is 5.82 Å². The van der Waals surface area contributed by atoms with Crippen LogP contribution in [0.3, 0.4) is 0 Å². The molecule has 6 nitrogen and oxygen atoms in total. The number of carbonyl (C=O) groups excluding carboxylic acids is 1. The van der Waals surface area contributed by atoms with Crippen molar-refractivity contribution in [3.63, 3.8) is 0 Å². The summed E-state index contributed by atoms with van der Waals surface area (Å²) in [6, 6.07) is 3.88. The van der Waals surface area contributed by atoms with Gasteiger partial charge in [0.25, 0.3) is 0 Å². The number of piperazine rings is 1. The number of thiophene rings is 1. The number of aromatic nitrogens is 3. The standard InChI is InChI=1S/C19H19N5OS/c25-15-11-24(9-8-21-15)18-16-13-5-1-2-6-14(13)26-19(16)23-17(22-18)12-4-3-7-20-10-12/h3-4,7,10H,1-2,5-6,8-9,11H2,(H,21,25). The second-order valence-corrected chi connectivity index (χ2v) is 7.86. The molecule has 5 rings (SSSR count). The van der Waals surface area contributed by atoms with E-state index in [1.807, 2.05) is 12.1 Å². The number of nitrogens with zero attached hydrogens (tertiary/aromatic N) is 4. The van der Waals surface area contributed by atoms with E-state index < -0.39 is 0 Å². The van der Waals surface area contributed by atoms with Crippen LogP contribution in [0.5, 0.6) is 0 Å². The second kappa shape index (κ2) is 6.32. The first kappa shape index (κ1) is 15.7. The minimum atomic E-state index is 0.0510. The largest absolute Gasteiger partial charge is 0.353 e. The Morgan fingerprint density at radius 3 is 2.96 bits per heavy atom. The molecule has 1 aliphatic heterocycles. The van der Waals surface area contributed by atoms with Crippen molar-refractivity contribution in [1.82, 2.24) is 20.3 Å². The fourth-order valence-electron chi connectivity index (χ4n) is 3.81. The lowest BCUT2D eigenvalue weighted by Gasteiger charge is -2.28. The molecular weight excluding hydrogens is 346 g/mol. The number of fused-ring (bicyclic) bond motifs is 3. The van der Waals surface area contributed by atoms with Gasteiger partial charge in [-0.15, -0.1) is 11.3 Å². The predicted molar refractivity (Wildman–Crippen MR) is 103 cm³/mol. The van der Waals surface area contributed by atoms with Gasteiger partial charge >= 0.3 is 0 Å². The lowest BCUT2D eigenvalue weighted by molar-refractivity contribution is -0.120. The van der Waals surface area contributed by atoms with Crippen molar-refractivity contribution in [1.29, 1.82) is 0 Å². The normalized spacial score (nSPS) is 17.2. The molecular formula is C19H19N5OS. The van der Waals surface area contributed by atoms with E-state index in [0.717, 1.165) is 41.0 Å². The Bertz CT molecular complexity index is 985. The Labute approximate surface area is 155 Å². The van der Waals surface area contributed by atoms with Crippen molar-refractivity contribution in [3.05, 3.63) is 35.0 Å². The molecule has 4 heterocycles. The van der Waals surface area contributed by atoms with Gasteiger partial charge < -0.3 is 10.2 Å². The Kier molecular flexibility index (Phi) is 3.81. The van der Waals surface area contributed by atoms with Crippen LogP contribution in [-0.2, 0) is 17.6 Å². The molecule has 2 aliphatic rings. The van der Waals surface area contributed by atoms with Gasteiger partial charge in [0.15, 0.2) is 5.82 Å². The number of pyridine rings is 1. The van der Waals surface area contributed by atoms with Gasteiger partial charge in [-0.25, -0.2) is 9.97 Å². The van der Waals surface area contributed by atoms with Crippen molar-refractivity contribution >= 4 is 33.3 Å². The molecule has 26 heavy (non-hydrogen) atoms. The monoisotopic (exact) mass is 365 g/mol. The Hall–Kier alpha value is -2.54. The predicted octanol–water partition coefficient (Wildman–Crippen LogP) is 2.57. The van der Waals surface area contributed by atoms with Gasteiger partial charge in [-0.1, -0.05) is 0 Å². The van der Waals surface area contributed by atoms with Crippen LogP contribution in [0.1, 0.15) is 23.3 Å². The topological polar surface area (TPSA) is 71.0 Å². The summed E-state index contributed by atoms with van der Waals surface area (Å²) in [6.45, 7) is 1.77. The van der Waals surface area contributed by atoms with Gasteiger partial charge in [0.1, 0.15) is 10.6 Å². The third kappa shape index (κ3) is 2.63. The molecule has 3 aromatic heterocycles. The van der Waals surface area contributed by atoms with Crippen molar-refractivity contribution in [2.24, 2.45) is 0 Å². The van der Waals surface area contributed by atoms with E-state index in [1.54, 1.807) is 23.7 Å². The van der Waals surface area contributed by atoms with Crippen LogP contribution >= 0.6 is 11.3 Å². The lowest BCUT2D eigenvalue weighted by atomic mass is 9.97. The smallest absolute Gasteiger partial charge is 0.239 e. The van der Waals surface area contributed by atoms with Crippen molar-refractivity contribution < 1.29 is 4.79 Å². The molecule has 1 fully saturated rings. The van der Waals surface area contributed by atoms with Crippen molar-refractivity contribution in [2.45, 2.75) is 25.7 Å². The molecule has 0 atom stereocenters. The number of amides is 1. The molecule has 1 amide bonds. The summed E-state index contributed by atoms with van der Waals surface area (Å²) in [6.07, 6.45) is 8.20. The fourth-order valence-corrected chi connectivity index (χ4v) is 5.07. The summed E-state index contributed by atoms with van der Waals surface area (Å²) in [4.78, 5) is 30.5. The summed E-state index contributed by atoms with van der Waals surface area (Å²) in [5.74, 6) is 1.64. The number of rotatable bonds is 2. The van der Waals surface area contributed by atoms with Gasteiger partial charge in [-0.2, -0.15) is 0 Å². The number of carbonyl (C=O) groups is 1. The number of hydrogen-bond acceptors (Lipinski definition) is 6. The molecule has 1 saturated heterocycles. The van der Waals surface area contributed by atoms with Crippen LogP contribution < -0.4 is 10.2 Å². The minimum Gasteiger partial charge on any atom is -0.353 e. The first-order chi connectivity index (χ1) is 12.8. The third-order valence-corrected chi connectivity index (χ3v) is 6.24. The zero-order chi connectivity index (χ0) is 17.5. The van der Waals surface area contributed by atoms with Gasteiger partial charge in [0.05, 0.1) is 11.9 Å². The van der Waals surface area contributed by atoms with Gasteiger partial charge in [0.2, 0.25) is 5.91 Å². The third-order valence-electron chi connectivity index (χ3n) is 5.05. The summed E-state index contributed by atoms with van der Waals surface area (Å²) < 4.78 is 0. The van der Waals surface area contributed by atoms with Crippen LogP contribution in [0, 0.1) is 0 Å². The lowest BCUT2D eigenvalue weighted by Crippen LogP contribution is -2.48. The average Bonchev–Trinajstić information content (AvgIpc) is 3.06. The molecule has 0 spiro atoms. The molecule has 132 valence electrons. The Morgan fingerprint density at radius 2 is 2.12 bits per heavy atom. The zero-order valence-electron chi connectivity index (χ0n) is 14.4. The molecule has 7 heteroatoms. The first-order valence-corrected chi connectivity index (χ1v) is 9.85. The fraction of sp³-hybridized carbons (Fsp3) is 0.368. The van der Waals surface area contributed by atoms with Crippen LogP contribution in [0.15, 0.2) is 24.5 Å². The summed E-state index contributed by atoms with van der Waals surface area (Å²) in [5, 5.41) is 4.06. The van der Waals surface area contributed by atoms with Crippen LogP contribution in [0.2, 0.25) is 0 Å². The highest BCUT2D eigenvalue weighted by molar-refractivity contribution is 7.19. The van der Waals surface area contributed by atoms with Gasteiger partial charge in [0, 0.05) is 35.9 Å². The molecule has 3 aromatic rings. The molecule has 0 saturated carbocycles. The second-order valence-electron chi connectivity index (χ2n) is 6.78. The maximum atomic E-state index is 12.0. The highest BCUT2D eigenvalue weighted by atomic mass is 32.1. The number of anilines is 1. The van der Waals surface area contributed by atoms with Crippen molar-refractivity contribution in [2.75, 3.05) is 24.5 Å². The van der Waals surface area contributed by atoms with E-state index in [1.165, 1.54) is 23.3 Å². The van der Waals surface area contributed by atoms with Crippen molar-refractivity contribution in [3.8, 4) is 11.4 Å². The number of aryl methyl sites for hydroxylation is 2. The van der Waals surface area contributed by atoms with E-state index in [2.05, 4.69) is 15.2 Å². The van der Waals surface area contributed by atoms with E-state index in [-0.39, 0.29) is 5.91 Å². The quantitative estimate of drug-likeness (QED) is 0.756. The molecule has 0 unspecified atom stereocenters. The van der Waals surface area contributed by atoms with Gasteiger partial charge in [-0.3, -0.25) is 9.78 Å². The number of hydrogen-bond donors (Lipinski definition) is 1. The maximum Gasteiger partial charge on any atom is 0.239 e. The Balaban J connectivity index is 1.73.